The van der Waals surface area contributed by atoms with Crippen molar-refractivity contribution < 1.29 is 14.3 Å². The fraction of sp³-hybridized carbons (Fsp3) is 0.500. The van der Waals surface area contributed by atoms with Gasteiger partial charge in [-0.3, -0.25) is 4.79 Å². The summed E-state index contributed by atoms with van der Waals surface area (Å²) in [5.41, 5.74) is 0.946. The third kappa shape index (κ3) is 5.09. The standard InChI is InChI=1S/C16H22N2O3/c1-12(8-9-17)18(3)16(19)13(2)21-11-14-6-5-7-15(10-14)20-4/h5-7,10,12-13H,8,11H2,1-4H3. The lowest BCUT2D eigenvalue weighted by atomic mass is 10.2. The highest BCUT2D eigenvalue weighted by Gasteiger charge is 2.21. The van der Waals surface area contributed by atoms with Crippen molar-refractivity contribution in [2.24, 2.45) is 0 Å². The van der Waals surface area contributed by atoms with Crippen LogP contribution in [0.4, 0.5) is 0 Å². The largest absolute Gasteiger partial charge is 0.497 e. The molecule has 1 aromatic carbocycles. The SMILES string of the molecule is COc1cccc(COC(C)C(=O)N(C)C(C)CC#N)c1. The quantitative estimate of drug-likeness (QED) is 0.773. The molecule has 5 nitrogen and oxygen atoms in total. The fourth-order valence-electron chi connectivity index (χ4n) is 1.83. The highest BCUT2D eigenvalue weighted by molar-refractivity contribution is 5.80. The van der Waals surface area contributed by atoms with Gasteiger partial charge in [-0.05, 0) is 31.5 Å². The van der Waals surface area contributed by atoms with E-state index in [1.807, 2.05) is 31.2 Å². The summed E-state index contributed by atoms with van der Waals surface area (Å²) in [6.07, 6.45) is -0.243. The molecule has 114 valence electrons. The second kappa shape index (κ2) is 8.28. The number of carbonyl (C=O) groups is 1. The molecule has 0 saturated heterocycles. The number of methoxy groups -OCH3 is 1. The van der Waals surface area contributed by atoms with Gasteiger partial charge >= 0.3 is 0 Å². The van der Waals surface area contributed by atoms with Crippen LogP contribution in [0.25, 0.3) is 0 Å². The van der Waals surface area contributed by atoms with E-state index in [2.05, 4.69) is 6.07 Å². The summed E-state index contributed by atoms with van der Waals surface area (Å²) >= 11 is 0. The third-order valence-corrected chi connectivity index (χ3v) is 3.38. The van der Waals surface area contributed by atoms with Gasteiger partial charge in [0.25, 0.3) is 5.91 Å². The number of rotatable bonds is 7. The van der Waals surface area contributed by atoms with E-state index in [0.29, 0.717) is 13.0 Å². The van der Waals surface area contributed by atoms with E-state index >= 15 is 0 Å². The van der Waals surface area contributed by atoms with Crippen LogP contribution in [-0.2, 0) is 16.1 Å². The molecule has 0 N–H and O–H groups in total. The highest BCUT2D eigenvalue weighted by atomic mass is 16.5. The molecule has 5 heteroatoms. The maximum absolute atomic E-state index is 12.2. The molecule has 0 aliphatic heterocycles. The van der Waals surface area contributed by atoms with Crippen LogP contribution in [0.2, 0.25) is 0 Å². The van der Waals surface area contributed by atoms with Crippen molar-refractivity contribution >= 4 is 5.91 Å². The maximum atomic E-state index is 12.2. The van der Waals surface area contributed by atoms with E-state index in [0.717, 1.165) is 11.3 Å². The monoisotopic (exact) mass is 290 g/mol. The minimum atomic E-state index is -0.553. The molecule has 1 rings (SSSR count). The van der Waals surface area contributed by atoms with E-state index in [-0.39, 0.29) is 11.9 Å². The molecule has 0 saturated carbocycles. The van der Waals surface area contributed by atoms with E-state index < -0.39 is 6.10 Å². The summed E-state index contributed by atoms with van der Waals surface area (Å²) in [7, 11) is 3.30. The summed E-state index contributed by atoms with van der Waals surface area (Å²) in [5.74, 6) is 0.635. The second-order valence-electron chi connectivity index (χ2n) is 4.97. The Morgan fingerprint density at radius 1 is 1.43 bits per heavy atom. The molecule has 0 radical (unpaired) electrons. The number of hydrogen-bond donors (Lipinski definition) is 0. The zero-order valence-corrected chi connectivity index (χ0v) is 13.0. The number of nitrogens with zero attached hydrogens (tertiary/aromatic N) is 2. The second-order valence-corrected chi connectivity index (χ2v) is 4.97. The van der Waals surface area contributed by atoms with Crippen molar-refractivity contribution in [1.82, 2.24) is 4.90 Å². The van der Waals surface area contributed by atoms with Gasteiger partial charge in [-0.15, -0.1) is 0 Å². The summed E-state index contributed by atoms with van der Waals surface area (Å²) in [6.45, 7) is 3.90. The highest BCUT2D eigenvalue weighted by Crippen LogP contribution is 2.14. The number of ether oxygens (including phenoxy) is 2. The average Bonchev–Trinajstić information content (AvgIpc) is 2.51. The molecular formula is C16H22N2O3. The lowest BCUT2D eigenvalue weighted by molar-refractivity contribution is -0.143. The summed E-state index contributed by atoms with van der Waals surface area (Å²) < 4.78 is 10.8. The number of hydrogen-bond acceptors (Lipinski definition) is 4. The van der Waals surface area contributed by atoms with Gasteiger partial charge in [-0.25, -0.2) is 0 Å². The van der Waals surface area contributed by atoms with Crippen molar-refractivity contribution in [3.63, 3.8) is 0 Å². The van der Waals surface area contributed by atoms with Crippen LogP contribution < -0.4 is 4.74 Å². The van der Waals surface area contributed by atoms with Gasteiger partial charge in [0.2, 0.25) is 0 Å². The topological polar surface area (TPSA) is 62.6 Å². The van der Waals surface area contributed by atoms with Crippen LogP contribution in [-0.4, -0.2) is 37.1 Å². The summed E-state index contributed by atoms with van der Waals surface area (Å²) in [6, 6.07) is 9.47. The molecule has 0 aliphatic carbocycles. The summed E-state index contributed by atoms with van der Waals surface area (Å²) in [5, 5.41) is 8.68. The molecule has 0 fully saturated rings. The van der Waals surface area contributed by atoms with Gasteiger partial charge in [0.15, 0.2) is 0 Å². The zero-order valence-electron chi connectivity index (χ0n) is 13.0. The molecule has 2 unspecified atom stereocenters. The first-order chi connectivity index (χ1) is 9.99. The molecule has 0 bridgehead atoms. The number of amides is 1. The predicted octanol–water partition coefficient (Wildman–Crippen LogP) is 2.36. The Morgan fingerprint density at radius 3 is 2.76 bits per heavy atom. The van der Waals surface area contributed by atoms with Crippen molar-refractivity contribution in [1.29, 1.82) is 5.26 Å². The van der Waals surface area contributed by atoms with Crippen molar-refractivity contribution in [2.45, 2.75) is 39.0 Å². The molecule has 1 aromatic rings. The van der Waals surface area contributed by atoms with Crippen molar-refractivity contribution in [3.8, 4) is 11.8 Å². The lowest BCUT2D eigenvalue weighted by Gasteiger charge is -2.26. The zero-order chi connectivity index (χ0) is 15.8. The Balaban J connectivity index is 2.54. The Kier molecular flexibility index (Phi) is 6.70. The predicted molar refractivity (Wildman–Crippen MR) is 79.7 cm³/mol. The molecule has 0 spiro atoms. The number of carbonyl (C=O) groups excluding carboxylic acids is 1. The van der Waals surface area contributed by atoms with Gasteiger partial charge in [0.1, 0.15) is 11.9 Å². The van der Waals surface area contributed by atoms with Crippen molar-refractivity contribution in [3.05, 3.63) is 29.8 Å². The molecule has 2 atom stereocenters. The Bertz CT molecular complexity index is 510. The fourth-order valence-corrected chi connectivity index (χ4v) is 1.83. The van der Waals surface area contributed by atoms with E-state index in [9.17, 15) is 4.79 Å². The maximum Gasteiger partial charge on any atom is 0.251 e. The first-order valence-corrected chi connectivity index (χ1v) is 6.87. The van der Waals surface area contributed by atoms with Crippen LogP contribution >= 0.6 is 0 Å². The Hall–Kier alpha value is -2.06. The number of nitriles is 1. The van der Waals surface area contributed by atoms with E-state index in [4.69, 9.17) is 14.7 Å². The van der Waals surface area contributed by atoms with Gasteiger partial charge < -0.3 is 14.4 Å². The van der Waals surface area contributed by atoms with Gasteiger partial charge in [-0.2, -0.15) is 5.26 Å². The van der Waals surface area contributed by atoms with E-state index in [1.54, 1.807) is 26.0 Å². The average molecular weight is 290 g/mol. The van der Waals surface area contributed by atoms with Crippen LogP contribution in [0.15, 0.2) is 24.3 Å². The smallest absolute Gasteiger partial charge is 0.251 e. The molecule has 21 heavy (non-hydrogen) atoms. The van der Waals surface area contributed by atoms with Crippen LogP contribution in [0.3, 0.4) is 0 Å². The molecular weight excluding hydrogens is 268 g/mol. The minimum absolute atomic E-state index is 0.120. The van der Waals surface area contributed by atoms with Crippen molar-refractivity contribution in [2.75, 3.05) is 14.2 Å². The van der Waals surface area contributed by atoms with Crippen LogP contribution in [0.1, 0.15) is 25.8 Å². The number of benzene rings is 1. The van der Waals surface area contributed by atoms with E-state index in [1.165, 1.54) is 0 Å². The van der Waals surface area contributed by atoms with Crippen LogP contribution in [0.5, 0.6) is 5.75 Å². The Labute approximate surface area is 126 Å². The van der Waals surface area contributed by atoms with Gasteiger partial charge in [-0.1, -0.05) is 12.1 Å². The lowest BCUT2D eigenvalue weighted by Crippen LogP contribution is -2.41. The summed E-state index contributed by atoms with van der Waals surface area (Å²) in [4.78, 5) is 13.7. The third-order valence-electron chi connectivity index (χ3n) is 3.38. The van der Waals surface area contributed by atoms with Gasteiger partial charge in [0.05, 0.1) is 26.2 Å². The first-order valence-electron chi connectivity index (χ1n) is 6.87. The Morgan fingerprint density at radius 2 is 2.14 bits per heavy atom. The molecule has 0 heterocycles. The normalized spacial score (nSPS) is 13.1. The van der Waals surface area contributed by atoms with Gasteiger partial charge in [0, 0.05) is 13.1 Å². The molecule has 0 aromatic heterocycles. The molecule has 0 aliphatic rings. The molecule has 1 amide bonds. The number of likely N-dealkylation sites (N-methyl/N-ethyl adjacent to an activating group) is 1. The minimum Gasteiger partial charge on any atom is -0.497 e. The van der Waals surface area contributed by atoms with Crippen LogP contribution in [0, 0.1) is 11.3 Å². The first kappa shape index (κ1) is 17.0.